The third kappa shape index (κ3) is 4.03. The van der Waals surface area contributed by atoms with Gasteiger partial charge < -0.3 is 9.67 Å². The van der Waals surface area contributed by atoms with E-state index in [-0.39, 0.29) is 20.9 Å². The molecule has 1 heterocycles. The highest BCUT2D eigenvalue weighted by molar-refractivity contribution is 7.16. The predicted octanol–water partition coefficient (Wildman–Crippen LogP) is 4.90. The first-order valence-corrected chi connectivity index (χ1v) is 9.18. The number of benzene rings is 2. The van der Waals surface area contributed by atoms with Gasteiger partial charge in [0.2, 0.25) is 0 Å². The summed E-state index contributed by atoms with van der Waals surface area (Å²) in [6.45, 7) is 1.24. The van der Waals surface area contributed by atoms with Gasteiger partial charge in [-0.15, -0.1) is 0 Å². The van der Waals surface area contributed by atoms with Gasteiger partial charge in [0, 0.05) is 10.6 Å². The maximum atomic E-state index is 14.5. The Balaban J connectivity index is 2.30. The molecule has 1 unspecified atom stereocenters. The van der Waals surface area contributed by atoms with Crippen molar-refractivity contribution in [2.75, 3.05) is 0 Å². The lowest BCUT2D eigenvalue weighted by atomic mass is 10.2. The van der Waals surface area contributed by atoms with Crippen LogP contribution >= 0.6 is 22.9 Å². The number of fused-ring (bicyclic) bond motifs is 1. The number of hydrogen-bond acceptors (Lipinski definition) is 3. The number of carboxylic acids is 1. The smallest absolute Gasteiger partial charge is 0.419 e. The quantitative estimate of drug-likeness (QED) is 0.582. The number of aliphatic carboxylic acids is 1. The highest BCUT2D eigenvalue weighted by Gasteiger charge is 2.36. The third-order valence-electron chi connectivity index (χ3n) is 4.05. The number of nitrogens with zero attached hydrogens (tertiary/aromatic N) is 2. The van der Waals surface area contributed by atoms with Crippen LogP contribution in [0, 0.1) is 5.82 Å². The van der Waals surface area contributed by atoms with E-state index >= 15 is 0 Å². The maximum absolute atomic E-state index is 14.5. The van der Waals surface area contributed by atoms with E-state index in [1.165, 1.54) is 31.2 Å². The third-order valence-corrected chi connectivity index (χ3v) is 5.35. The van der Waals surface area contributed by atoms with Crippen molar-refractivity contribution in [3.05, 3.63) is 63.2 Å². The van der Waals surface area contributed by atoms with E-state index in [0.717, 1.165) is 10.6 Å². The van der Waals surface area contributed by atoms with Crippen LogP contribution in [0.3, 0.4) is 0 Å². The summed E-state index contributed by atoms with van der Waals surface area (Å²) in [5.74, 6) is -3.69. The first-order chi connectivity index (χ1) is 13.5. The lowest BCUT2D eigenvalue weighted by Gasteiger charge is -2.12. The summed E-state index contributed by atoms with van der Waals surface area (Å²) in [4.78, 5) is 27.5. The molecule has 0 aliphatic carbocycles. The van der Waals surface area contributed by atoms with Gasteiger partial charge in [-0.2, -0.15) is 18.2 Å². The monoisotopic (exact) mass is 446 g/mol. The highest BCUT2D eigenvalue weighted by atomic mass is 35.5. The summed E-state index contributed by atoms with van der Waals surface area (Å²) in [6.07, 6.45) is -4.93. The fourth-order valence-electron chi connectivity index (χ4n) is 2.63. The molecule has 3 rings (SSSR count). The number of rotatable bonds is 3. The van der Waals surface area contributed by atoms with Gasteiger partial charge in [0.15, 0.2) is 10.6 Å². The zero-order valence-electron chi connectivity index (χ0n) is 14.5. The summed E-state index contributed by atoms with van der Waals surface area (Å²) in [7, 11) is 0. The van der Waals surface area contributed by atoms with Crippen molar-refractivity contribution in [1.29, 1.82) is 0 Å². The van der Waals surface area contributed by atoms with Crippen molar-refractivity contribution in [2.24, 2.45) is 4.99 Å². The number of amides is 1. The van der Waals surface area contributed by atoms with E-state index < -0.39 is 40.2 Å². The molecule has 0 spiro atoms. The Hall–Kier alpha value is -2.72. The van der Waals surface area contributed by atoms with E-state index in [1.54, 1.807) is 0 Å². The number of carbonyl (C=O) groups excluding carboxylic acids is 1. The van der Waals surface area contributed by atoms with Crippen molar-refractivity contribution in [3.63, 3.8) is 0 Å². The van der Waals surface area contributed by atoms with Crippen molar-refractivity contribution in [3.8, 4) is 0 Å². The molecule has 11 heteroatoms. The van der Waals surface area contributed by atoms with Gasteiger partial charge in [0.25, 0.3) is 5.91 Å². The Morgan fingerprint density at radius 2 is 1.93 bits per heavy atom. The molecule has 1 atom stereocenters. The lowest BCUT2D eigenvalue weighted by molar-refractivity contribution is -0.141. The van der Waals surface area contributed by atoms with Gasteiger partial charge in [0.1, 0.15) is 6.04 Å². The molecular weight excluding hydrogens is 436 g/mol. The Morgan fingerprint density at radius 3 is 2.52 bits per heavy atom. The first kappa shape index (κ1) is 21.0. The minimum absolute atomic E-state index is 0.0842. The van der Waals surface area contributed by atoms with Crippen LogP contribution in [0.5, 0.6) is 0 Å². The number of aromatic nitrogens is 1. The maximum Gasteiger partial charge on any atom is 0.419 e. The van der Waals surface area contributed by atoms with Crippen molar-refractivity contribution in [1.82, 2.24) is 4.57 Å². The second kappa shape index (κ2) is 7.60. The number of halogens is 5. The molecule has 0 fully saturated rings. The zero-order valence-corrected chi connectivity index (χ0v) is 16.1. The fraction of sp³-hybridized carbons (Fsp3) is 0.167. The second-order valence-electron chi connectivity index (χ2n) is 5.97. The summed E-state index contributed by atoms with van der Waals surface area (Å²) in [5.41, 5.74) is -1.52. The molecule has 1 aromatic heterocycles. The van der Waals surface area contributed by atoms with Gasteiger partial charge in [-0.1, -0.05) is 29.0 Å². The first-order valence-electron chi connectivity index (χ1n) is 7.99. The lowest BCUT2D eigenvalue weighted by Crippen LogP contribution is -2.25. The van der Waals surface area contributed by atoms with E-state index in [9.17, 15) is 32.3 Å². The molecule has 0 saturated heterocycles. The van der Waals surface area contributed by atoms with Crippen LogP contribution in [-0.2, 0) is 11.0 Å². The zero-order chi connectivity index (χ0) is 21.5. The molecule has 152 valence electrons. The molecule has 1 N–H and O–H groups in total. The molecule has 0 aliphatic rings. The minimum Gasteiger partial charge on any atom is -0.480 e. The number of alkyl halides is 3. The minimum atomic E-state index is -4.93. The summed E-state index contributed by atoms with van der Waals surface area (Å²) in [6, 6.07) is 5.94. The largest absolute Gasteiger partial charge is 0.480 e. The highest BCUT2D eigenvalue weighted by Crippen LogP contribution is 2.36. The van der Waals surface area contributed by atoms with Gasteiger partial charge in [0.05, 0.1) is 15.8 Å². The topological polar surface area (TPSA) is 71.7 Å². The van der Waals surface area contributed by atoms with E-state index in [2.05, 4.69) is 4.99 Å². The molecule has 5 nitrogen and oxygen atoms in total. The van der Waals surface area contributed by atoms with Crippen molar-refractivity contribution < 1.29 is 32.3 Å². The second-order valence-corrected chi connectivity index (χ2v) is 7.38. The normalized spacial score (nSPS) is 13.7. The molecule has 3 aromatic rings. The van der Waals surface area contributed by atoms with E-state index in [4.69, 9.17) is 11.6 Å². The Bertz CT molecular complexity index is 1200. The predicted molar refractivity (Wildman–Crippen MR) is 98.5 cm³/mol. The number of thiazole rings is 1. The van der Waals surface area contributed by atoms with Crippen LogP contribution in [0.25, 0.3) is 10.2 Å². The van der Waals surface area contributed by atoms with Gasteiger partial charge in [-0.05, 0) is 37.3 Å². The van der Waals surface area contributed by atoms with Crippen LogP contribution in [0.2, 0.25) is 5.02 Å². The SMILES string of the molecule is CC(C(=O)O)n1/c(=N/C(=O)c2cccc(Cl)c2)sc2c(F)c(C(F)(F)F)ccc21. The molecule has 0 bridgehead atoms. The average molecular weight is 447 g/mol. The van der Waals surface area contributed by atoms with Crippen molar-refractivity contribution in [2.45, 2.75) is 19.1 Å². The summed E-state index contributed by atoms with van der Waals surface area (Å²) < 4.78 is 54.1. The van der Waals surface area contributed by atoms with Gasteiger partial charge in [-0.25, -0.2) is 9.18 Å². The number of carboxylic acid groups (broad SMARTS) is 1. The standard InChI is InChI=1S/C18H11ClF4N2O3S/c1-8(16(27)28)25-12-6-5-11(18(21,22)23)13(20)14(12)29-17(25)24-15(26)9-3-2-4-10(19)7-9/h2-8H,1H3,(H,27,28)/b24-17-. The Labute approximate surface area is 169 Å². The summed E-state index contributed by atoms with van der Waals surface area (Å²) >= 11 is 6.29. The van der Waals surface area contributed by atoms with Crippen LogP contribution in [0.4, 0.5) is 17.6 Å². The van der Waals surface area contributed by atoms with Gasteiger partial charge >= 0.3 is 12.1 Å². The van der Waals surface area contributed by atoms with E-state index in [1.807, 2.05) is 0 Å². The summed E-state index contributed by atoms with van der Waals surface area (Å²) in [5, 5.41) is 9.60. The fourth-order valence-corrected chi connectivity index (χ4v) is 3.96. The molecular formula is C18H11ClF4N2O3S. The van der Waals surface area contributed by atoms with Crippen LogP contribution in [-0.4, -0.2) is 21.6 Å². The number of carbonyl (C=O) groups is 2. The molecule has 1 amide bonds. The molecule has 0 saturated carbocycles. The van der Waals surface area contributed by atoms with Crippen LogP contribution in [0.15, 0.2) is 41.4 Å². The van der Waals surface area contributed by atoms with Crippen molar-refractivity contribution >= 4 is 45.0 Å². The van der Waals surface area contributed by atoms with E-state index in [0.29, 0.717) is 17.4 Å². The molecule has 29 heavy (non-hydrogen) atoms. The van der Waals surface area contributed by atoms with Gasteiger partial charge in [-0.3, -0.25) is 4.79 Å². The molecule has 2 aromatic carbocycles. The van der Waals surface area contributed by atoms with Crippen LogP contribution in [0.1, 0.15) is 28.9 Å². The Morgan fingerprint density at radius 1 is 1.24 bits per heavy atom. The number of hydrogen-bond donors (Lipinski definition) is 1. The molecule has 0 radical (unpaired) electrons. The Kier molecular flexibility index (Phi) is 5.50. The van der Waals surface area contributed by atoms with Crippen LogP contribution < -0.4 is 4.80 Å². The molecule has 0 aliphatic heterocycles. The average Bonchev–Trinajstić information content (AvgIpc) is 2.99.